The van der Waals surface area contributed by atoms with Gasteiger partial charge in [-0.1, -0.05) is 24.3 Å². The molecule has 2 aromatic carbocycles. The van der Waals surface area contributed by atoms with Crippen LogP contribution in [0.5, 0.6) is 0 Å². The Morgan fingerprint density at radius 1 is 1.20 bits per heavy atom. The van der Waals surface area contributed by atoms with Crippen molar-refractivity contribution in [1.29, 1.82) is 5.26 Å². The molecule has 100 valence electrons. The van der Waals surface area contributed by atoms with Gasteiger partial charge in [-0.25, -0.2) is 5.43 Å². The van der Waals surface area contributed by atoms with Gasteiger partial charge >= 0.3 is 0 Å². The molecule has 0 saturated carbocycles. The van der Waals surface area contributed by atoms with Crippen molar-refractivity contribution in [2.45, 2.75) is 6.54 Å². The average Bonchev–Trinajstić information content (AvgIpc) is 2.48. The van der Waals surface area contributed by atoms with Crippen LogP contribution in [0, 0.1) is 21.4 Å². The van der Waals surface area contributed by atoms with E-state index in [-0.39, 0.29) is 11.3 Å². The van der Waals surface area contributed by atoms with Crippen LogP contribution >= 0.6 is 0 Å². The first-order valence-corrected chi connectivity index (χ1v) is 5.92. The fourth-order valence-corrected chi connectivity index (χ4v) is 1.71. The monoisotopic (exact) mass is 268 g/mol. The number of rotatable bonds is 5. The van der Waals surface area contributed by atoms with Gasteiger partial charge in [-0.2, -0.15) is 5.26 Å². The largest absolute Gasteiger partial charge is 0.321 e. The van der Waals surface area contributed by atoms with Gasteiger partial charge in [0.25, 0.3) is 5.69 Å². The molecule has 6 heteroatoms. The molecule has 6 nitrogen and oxygen atoms in total. The van der Waals surface area contributed by atoms with Gasteiger partial charge in [0.1, 0.15) is 11.6 Å². The van der Waals surface area contributed by atoms with Crippen LogP contribution in [0.4, 0.5) is 11.4 Å². The number of benzene rings is 2. The van der Waals surface area contributed by atoms with Crippen molar-refractivity contribution in [2.75, 3.05) is 5.43 Å². The van der Waals surface area contributed by atoms with E-state index in [0.29, 0.717) is 6.54 Å². The smallest absolute Gasteiger partial charge is 0.287 e. The molecular weight excluding hydrogens is 256 g/mol. The normalized spacial score (nSPS) is 9.75. The molecule has 0 unspecified atom stereocenters. The van der Waals surface area contributed by atoms with Crippen molar-refractivity contribution in [1.82, 2.24) is 5.43 Å². The number of nitrogens with zero attached hydrogens (tertiary/aromatic N) is 2. The Labute approximate surface area is 115 Å². The van der Waals surface area contributed by atoms with Crippen molar-refractivity contribution >= 4 is 11.4 Å². The van der Waals surface area contributed by atoms with E-state index >= 15 is 0 Å². The van der Waals surface area contributed by atoms with Crippen LogP contribution in [-0.2, 0) is 6.54 Å². The van der Waals surface area contributed by atoms with E-state index in [9.17, 15) is 10.1 Å². The van der Waals surface area contributed by atoms with Crippen LogP contribution in [0.25, 0.3) is 0 Å². The summed E-state index contributed by atoms with van der Waals surface area (Å²) in [6, 6.07) is 15.9. The summed E-state index contributed by atoms with van der Waals surface area (Å²) in [5.41, 5.74) is 7.58. The lowest BCUT2D eigenvalue weighted by atomic mass is 10.1. The van der Waals surface area contributed by atoms with Crippen LogP contribution in [0.2, 0.25) is 0 Å². The number of nitrogens with one attached hydrogen (secondary N) is 2. The third kappa shape index (κ3) is 3.31. The van der Waals surface area contributed by atoms with Crippen molar-refractivity contribution in [3.8, 4) is 6.07 Å². The summed E-state index contributed by atoms with van der Waals surface area (Å²) in [6.07, 6.45) is 0. The van der Waals surface area contributed by atoms with Gasteiger partial charge in [0.05, 0.1) is 4.92 Å². The first kappa shape index (κ1) is 13.5. The first-order valence-electron chi connectivity index (χ1n) is 5.92. The Balaban J connectivity index is 2.00. The van der Waals surface area contributed by atoms with Crippen molar-refractivity contribution in [3.05, 3.63) is 69.8 Å². The molecule has 0 aliphatic rings. The van der Waals surface area contributed by atoms with Crippen molar-refractivity contribution < 1.29 is 4.92 Å². The molecule has 0 radical (unpaired) electrons. The molecule has 0 aliphatic heterocycles. The number of anilines is 1. The Bertz CT molecular complexity index is 650. The fourth-order valence-electron chi connectivity index (χ4n) is 1.71. The van der Waals surface area contributed by atoms with E-state index in [1.54, 1.807) is 6.07 Å². The van der Waals surface area contributed by atoms with Gasteiger partial charge in [-0.3, -0.25) is 10.1 Å². The number of hydrogen-bond donors (Lipinski definition) is 2. The Morgan fingerprint density at radius 3 is 2.60 bits per heavy atom. The molecule has 0 atom stereocenters. The minimum Gasteiger partial charge on any atom is -0.321 e. The van der Waals surface area contributed by atoms with Crippen LogP contribution in [-0.4, -0.2) is 4.92 Å². The highest BCUT2D eigenvalue weighted by Crippen LogP contribution is 2.18. The van der Waals surface area contributed by atoms with Crippen molar-refractivity contribution in [2.24, 2.45) is 0 Å². The summed E-state index contributed by atoms with van der Waals surface area (Å²) in [7, 11) is 0. The molecule has 20 heavy (non-hydrogen) atoms. The van der Waals surface area contributed by atoms with Gasteiger partial charge in [-0.15, -0.1) is 0 Å². The van der Waals surface area contributed by atoms with Crippen LogP contribution < -0.4 is 10.9 Å². The highest BCUT2D eigenvalue weighted by atomic mass is 16.6. The molecule has 0 spiro atoms. The first-order chi connectivity index (χ1) is 9.70. The van der Waals surface area contributed by atoms with E-state index in [2.05, 4.69) is 10.9 Å². The lowest BCUT2D eigenvalue weighted by molar-refractivity contribution is -0.385. The highest BCUT2D eigenvalue weighted by Gasteiger charge is 2.13. The van der Waals surface area contributed by atoms with Gasteiger partial charge in [0.15, 0.2) is 0 Å². The molecule has 2 aromatic rings. The molecule has 0 bridgehead atoms. The standard InChI is InChI=1S/C14H12N4O2/c15-9-12-8-11(6-7-14(12)18(19)20)10-16-17-13-4-2-1-3-5-13/h1-8,16-17H,10H2. The maximum Gasteiger partial charge on any atom is 0.287 e. The Kier molecular flexibility index (Phi) is 4.27. The maximum absolute atomic E-state index is 10.7. The molecule has 2 N–H and O–H groups in total. The third-order valence-electron chi connectivity index (χ3n) is 2.68. The van der Waals surface area contributed by atoms with Crippen LogP contribution in [0.15, 0.2) is 48.5 Å². The zero-order valence-electron chi connectivity index (χ0n) is 10.5. The van der Waals surface area contributed by atoms with Crippen molar-refractivity contribution in [3.63, 3.8) is 0 Å². The summed E-state index contributed by atoms with van der Waals surface area (Å²) in [4.78, 5) is 10.2. The summed E-state index contributed by atoms with van der Waals surface area (Å²) in [5, 5.41) is 19.6. The topological polar surface area (TPSA) is 91.0 Å². The molecule has 0 saturated heterocycles. The van der Waals surface area contributed by atoms with E-state index in [1.807, 2.05) is 36.4 Å². The lowest BCUT2D eigenvalue weighted by Crippen LogP contribution is -2.20. The Hall–Kier alpha value is -2.91. The summed E-state index contributed by atoms with van der Waals surface area (Å²) < 4.78 is 0. The minimum absolute atomic E-state index is 0.0639. The molecular formula is C14H12N4O2. The number of nitro groups is 1. The van der Waals surface area contributed by atoms with E-state index in [0.717, 1.165) is 11.3 Å². The van der Waals surface area contributed by atoms with Gasteiger partial charge in [0, 0.05) is 18.3 Å². The molecule has 0 fully saturated rings. The van der Waals surface area contributed by atoms with E-state index < -0.39 is 4.92 Å². The summed E-state index contributed by atoms with van der Waals surface area (Å²) >= 11 is 0. The SMILES string of the molecule is N#Cc1cc(CNNc2ccccc2)ccc1[N+](=O)[O-]. The zero-order valence-corrected chi connectivity index (χ0v) is 10.5. The van der Waals surface area contributed by atoms with Gasteiger partial charge in [0.2, 0.25) is 0 Å². The minimum atomic E-state index is -0.558. The van der Waals surface area contributed by atoms with Crippen LogP contribution in [0.3, 0.4) is 0 Å². The second kappa shape index (κ2) is 6.31. The second-order valence-corrected chi connectivity index (χ2v) is 4.06. The highest BCUT2D eigenvalue weighted by molar-refractivity contribution is 5.50. The molecule has 0 aliphatic carbocycles. The second-order valence-electron chi connectivity index (χ2n) is 4.06. The van der Waals surface area contributed by atoms with Gasteiger partial charge < -0.3 is 5.43 Å². The predicted molar refractivity (Wildman–Crippen MR) is 74.7 cm³/mol. The number of para-hydroxylation sites is 1. The molecule has 0 heterocycles. The number of hydrogen-bond acceptors (Lipinski definition) is 5. The molecule has 0 amide bonds. The number of nitro benzene ring substituents is 1. The number of nitriles is 1. The lowest BCUT2D eigenvalue weighted by Gasteiger charge is -2.08. The summed E-state index contributed by atoms with van der Waals surface area (Å²) in [6.45, 7) is 0.446. The van der Waals surface area contributed by atoms with E-state index in [1.165, 1.54) is 12.1 Å². The zero-order chi connectivity index (χ0) is 14.4. The quantitative estimate of drug-likeness (QED) is 0.642. The predicted octanol–water partition coefficient (Wildman–Crippen LogP) is 2.58. The van der Waals surface area contributed by atoms with Gasteiger partial charge in [-0.05, 0) is 23.8 Å². The third-order valence-corrected chi connectivity index (χ3v) is 2.68. The molecule has 2 rings (SSSR count). The fraction of sp³-hybridized carbons (Fsp3) is 0.0714. The summed E-state index contributed by atoms with van der Waals surface area (Å²) in [5.74, 6) is 0. The van der Waals surface area contributed by atoms with E-state index in [4.69, 9.17) is 5.26 Å². The Morgan fingerprint density at radius 2 is 1.95 bits per heavy atom. The molecule has 0 aromatic heterocycles. The van der Waals surface area contributed by atoms with Crippen LogP contribution in [0.1, 0.15) is 11.1 Å². The number of hydrazine groups is 1. The average molecular weight is 268 g/mol. The maximum atomic E-state index is 10.7.